The molecule has 124 valence electrons. The lowest BCUT2D eigenvalue weighted by molar-refractivity contribution is -0.142. The highest BCUT2D eigenvalue weighted by Gasteiger charge is 2.28. The Balaban J connectivity index is 0.00000441. The van der Waals surface area contributed by atoms with Crippen LogP contribution in [0.25, 0.3) is 0 Å². The zero-order valence-electron chi connectivity index (χ0n) is 11.6. The molecule has 0 bridgehead atoms. The molecule has 22 heavy (non-hydrogen) atoms. The van der Waals surface area contributed by atoms with Gasteiger partial charge in [-0.3, -0.25) is 9.59 Å². The predicted octanol–water partition coefficient (Wildman–Crippen LogP) is 2.08. The van der Waals surface area contributed by atoms with Crippen LogP contribution < -0.4 is 16.4 Å². The van der Waals surface area contributed by atoms with Gasteiger partial charge in [0.15, 0.2) is 0 Å². The molecule has 0 saturated heterocycles. The van der Waals surface area contributed by atoms with E-state index in [2.05, 4.69) is 10.6 Å². The molecule has 5 nitrogen and oxygen atoms in total. The number of alkyl halides is 3. The molecule has 0 aliphatic carbocycles. The molecule has 4 N–H and O–H groups in total. The van der Waals surface area contributed by atoms with Crippen molar-refractivity contribution in [2.24, 2.45) is 5.73 Å². The van der Waals surface area contributed by atoms with E-state index in [4.69, 9.17) is 5.73 Å². The van der Waals surface area contributed by atoms with Gasteiger partial charge in [0.25, 0.3) is 5.91 Å². The summed E-state index contributed by atoms with van der Waals surface area (Å²) < 4.78 is 36.1. The number of rotatable bonds is 6. The van der Waals surface area contributed by atoms with Crippen LogP contribution in [-0.4, -0.2) is 31.1 Å². The fourth-order valence-corrected chi connectivity index (χ4v) is 1.54. The van der Waals surface area contributed by atoms with E-state index in [1.165, 1.54) is 12.1 Å². The number of hydrogen-bond acceptors (Lipinski definition) is 3. The summed E-state index contributed by atoms with van der Waals surface area (Å²) in [4.78, 5) is 23.3. The van der Waals surface area contributed by atoms with Crippen LogP contribution in [0.3, 0.4) is 0 Å². The summed E-state index contributed by atoms with van der Waals surface area (Å²) in [6.45, 7) is 0.515. The first kappa shape index (κ1) is 20.2. The molecule has 0 fully saturated rings. The van der Waals surface area contributed by atoms with Gasteiger partial charge in [0.1, 0.15) is 0 Å². The Bertz CT molecular complexity index is 510. The monoisotopic (exact) mass is 339 g/mol. The number of amides is 2. The van der Waals surface area contributed by atoms with Gasteiger partial charge in [-0.2, -0.15) is 13.2 Å². The maximum atomic E-state index is 12.0. The van der Waals surface area contributed by atoms with Gasteiger partial charge in [0.05, 0.1) is 17.7 Å². The standard InChI is InChI=1S/C13H16F3N3O2.ClH/c14-13(15,16)6-5-11(20)19-10-4-2-1-3-9(10)12(21)18-8-7-17;/h1-4H,5-8,17H2,(H,18,21)(H,19,20);1H. The summed E-state index contributed by atoms with van der Waals surface area (Å²) >= 11 is 0. The maximum Gasteiger partial charge on any atom is 0.389 e. The number of para-hydroxylation sites is 1. The van der Waals surface area contributed by atoms with Crippen LogP contribution in [0.4, 0.5) is 18.9 Å². The van der Waals surface area contributed by atoms with Crippen molar-refractivity contribution in [2.45, 2.75) is 19.0 Å². The summed E-state index contributed by atoms with van der Waals surface area (Å²) in [5, 5.41) is 4.83. The quantitative estimate of drug-likeness (QED) is 0.742. The highest BCUT2D eigenvalue weighted by atomic mass is 35.5. The number of nitrogens with two attached hydrogens (primary N) is 1. The molecule has 0 heterocycles. The van der Waals surface area contributed by atoms with Crippen molar-refractivity contribution < 1.29 is 22.8 Å². The van der Waals surface area contributed by atoms with Crippen LogP contribution >= 0.6 is 12.4 Å². The summed E-state index contributed by atoms with van der Waals surface area (Å²) in [6, 6.07) is 6.07. The number of carbonyl (C=O) groups is 2. The molecule has 0 atom stereocenters. The molecule has 0 unspecified atom stereocenters. The van der Waals surface area contributed by atoms with Crippen LogP contribution in [0, 0.1) is 0 Å². The first-order valence-electron chi connectivity index (χ1n) is 6.27. The Morgan fingerprint density at radius 2 is 1.82 bits per heavy atom. The highest BCUT2D eigenvalue weighted by Crippen LogP contribution is 2.22. The van der Waals surface area contributed by atoms with E-state index in [0.29, 0.717) is 0 Å². The second kappa shape index (κ2) is 9.26. The first-order valence-corrected chi connectivity index (χ1v) is 6.27. The SMILES string of the molecule is Cl.NCCNC(=O)c1ccccc1NC(=O)CCC(F)(F)F. The fourth-order valence-electron chi connectivity index (χ4n) is 1.54. The van der Waals surface area contributed by atoms with E-state index < -0.39 is 30.8 Å². The van der Waals surface area contributed by atoms with Crippen molar-refractivity contribution in [1.82, 2.24) is 5.32 Å². The number of anilines is 1. The molecular weight excluding hydrogens is 323 g/mol. The van der Waals surface area contributed by atoms with E-state index in [9.17, 15) is 22.8 Å². The highest BCUT2D eigenvalue weighted by molar-refractivity contribution is 6.03. The number of carbonyl (C=O) groups excluding carboxylic acids is 2. The minimum absolute atomic E-state index is 0. The van der Waals surface area contributed by atoms with Crippen LogP contribution in [0.1, 0.15) is 23.2 Å². The molecule has 0 saturated carbocycles. The van der Waals surface area contributed by atoms with Crippen molar-refractivity contribution in [3.05, 3.63) is 29.8 Å². The van der Waals surface area contributed by atoms with Crippen LogP contribution in [0.2, 0.25) is 0 Å². The van der Waals surface area contributed by atoms with E-state index in [1.54, 1.807) is 12.1 Å². The first-order chi connectivity index (χ1) is 9.83. The van der Waals surface area contributed by atoms with E-state index >= 15 is 0 Å². The number of hydrogen-bond donors (Lipinski definition) is 3. The topological polar surface area (TPSA) is 84.2 Å². The Morgan fingerprint density at radius 3 is 2.41 bits per heavy atom. The van der Waals surface area contributed by atoms with Crippen LogP contribution in [0.15, 0.2) is 24.3 Å². The summed E-state index contributed by atoms with van der Waals surface area (Å²) in [6.07, 6.45) is -6.29. The molecule has 0 aliphatic heterocycles. The van der Waals surface area contributed by atoms with Crippen molar-refractivity contribution in [3.8, 4) is 0 Å². The van der Waals surface area contributed by atoms with Crippen molar-refractivity contribution in [1.29, 1.82) is 0 Å². The Hall–Kier alpha value is -1.80. The Kier molecular flexibility index (Phi) is 8.51. The minimum Gasteiger partial charge on any atom is -0.351 e. The van der Waals surface area contributed by atoms with E-state index in [-0.39, 0.29) is 36.7 Å². The average molecular weight is 340 g/mol. The van der Waals surface area contributed by atoms with Crippen molar-refractivity contribution >= 4 is 29.9 Å². The Morgan fingerprint density at radius 1 is 1.18 bits per heavy atom. The van der Waals surface area contributed by atoms with Crippen molar-refractivity contribution in [2.75, 3.05) is 18.4 Å². The molecule has 1 rings (SSSR count). The van der Waals surface area contributed by atoms with Crippen LogP contribution in [-0.2, 0) is 4.79 Å². The van der Waals surface area contributed by atoms with Gasteiger partial charge in [0.2, 0.25) is 5.91 Å². The lowest BCUT2D eigenvalue weighted by atomic mass is 10.1. The van der Waals surface area contributed by atoms with Gasteiger partial charge in [-0.05, 0) is 12.1 Å². The van der Waals surface area contributed by atoms with Gasteiger partial charge in [-0.25, -0.2) is 0 Å². The maximum absolute atomic E-state index is 12.0. The predicted molar refractivity (Wildman–Crippen MR) is 79.0 cm³/mol. The van der Waals surface area contributed by atoms with Gasteiger partial charge < -0.3 is 16.4 Å². The largest absolute Gasteiger partial charge is 0.389 e. The normalized spacial score (nSPS) is 10.5. The second-order valence-electron chi connectivity index (χ2n) is 4.25. The van der Waals surface area contributed by atoms with Crippen LogP contribution in [0.5, 0.6) is 0 Å². The molecule has 0 radical (unpaired) electrons. The second-order valence-corrected chi connectivity index (χ2v) is 4.25. The lowest BCUT2D eigenvalue weighted by Gasteiger charge is -2.11. The zero-order valence-corrected chi connectivity index (χ0v) is 12.4. The summed E-state index contributed by atoms with van der Waals surface area (Å²) in [5.74, 6) is -1.25. The Labute approximate surface area is 131 Å². The third kappa shape index (κ3) is 7.28. The molecule has 1 aromatic rings. The third-order valence-corrected chi connectivity index (χ3v) is 2.51. The number of benzene rings is 1. The van der Waals surface area contributed by atoms with Gasteiger partial charge in [-0.1, -0.05) is 12.1 Å². The molecule has 0 spiro atoms. The van der Waals surface area contributed by atoms with Gasteiger partial charge in [0, 0.05) is 19.5 Å². The molecule has 0 aromatic heterocycles. The minimum atomic E-state index is -4.39. The summed E-state index contributed by atoms with van der Waals surface area (Å²) in [7, 11) is 0. The molecule has 9 heteroatoms. The van der Waals surface area contributed by atoms with Crippen molar-refractivity contribution in [3.63, 3.8) is 0 Å². The zero-order chi connectivity index (χ0) is 15.9. The van der Waals surface area contributed by atoms with E-state index in [1.807, 2.05) is 0 Å². The molecule has 1 aromatic carbocycles. The number of nitrogens with one attached hydrogen (secondary N) is 2. The lowest BCUT2D eigenvalue weighted by Crippen LogP contribution is -2.30. The third-order valence-electron chi connectivity index (χ3n) is 2.51. The molecule has 0 aliphatic rings. The summed E-state index contributed by atoms with van der Waals surface area (Å²) in [5.41, 5.74) is 5.60. The number of halogens is 4. The van der Waals surface area contributed by atoms with Gasteiger partial charge >= 0.3 is 6.18 Å². The van der Waals surface area contributed by atoms with E-state index in [0.717, 1.165) is 0 Å². The fraction of sp³-hybridized carbons (Fsp3) is 0.385. The smallest absolute Gasteiger partial charge is 0.351 e. The van der Waals surface area contributed by atoms with Gasteiger partial charge in [-0.15, -0.1) is 12.4 Å². The molecular formula is C13H17ClF3N3O2. The molecule has 2 amide bonds. The average Bonchev–Trinajstić information content (AvgIpc) is 2.42.